The molecule has 3 rings (SSSR count). The molecule has 0 atom stereocenters. The summed E-state index contributed by atoms with van der Waals surface area (Å²) in [6.07, 6.45) is 4.92. The van der Waals surface area contributed by atoms with E-state index in [1.54, 1.807) is 0 Å². The monoisotopic (exact) mass is 270 g/mol. The van der Waals surface area contributed by atoms with Crippen molar-refractivity contribution in [2.45, 2.75) is 32.6 Å². The molecule has 0 bridgehead atoms. The minimum Gasteiger partial charge on any atom is -0.0654 e. The standard InChI is InChI=1S/C21H18/c1-2-3-4-7-17-10-11-20-13-12-18-8-5-6-9-19(18)14-15-21(20)16-17/h5-6,8-11,16H,2-4,7H2,1H3. The molecule has 0 saturated carbocycles. The lowest BCUT2D eigenvalue weighted by Gasteiger charge is -2.05. The normalized spacial score (nSPS) is 10.9. The molecule has 1 aliphatic carbocycles. The first-order valence-electron chi connectivity index (χ1n) is 7.63. The van der Waals surface area contributed by atoms with E-state index in [2.05, 4.69) is 48.8 Å². The average Bonchev–Trinajstić information content (AvgIpc) is 2.50. The molecule has 0 nitrogen and oxygen atoms in total. The van der Waals surface area contributed by atoms with Gasteiger partial charge < -0.3 is 0 Å². The van der Waals surface area contributed by atoms with Gasteiger partial charge in [0.25, 0.3) is 0 Å². The summed E-state index contributed by atoms with van der Waals surface area (Å²) in [4.78, 5) is 0. The number of unbranched alkanes of at least 4 members (excludes halogenated alkanes) is 2. The molecule has 0 spiro atoms. The highest BCUT2D eigenvalue weighted by Crippen LogP contribution is 2.16. The molecule has 0 heterocycles. The average molecular weight is 270 g/mol. The van der Waals surface area contributed by atoms with Crippen molar-refractivity contribution in [3.63, 3.8) is 0 Å². The van der Waals surface area contributed by atoms with Gasteiger partial charge in [-0.3, -0.25) is 0 Å². The van der Waals surface area contributed by atoms with Gasteiger partial charge in [-0.2, -0.15) is 0 Å². The molecule has 0 fully saturated rings. The van der Waals surface area contributed by atoms with Crippen LogP contribution in [-0.4, -0.2) is 0 Å². The quantitative estimate of drug-likeness (QED) is 0.482. The van der Waals surface area contributed by atoms with Crippen molar-refractivity contribution in [1.29, 1.82) is 0 Å². The molecule has 21 heavy (non-hydrogen) atoms. The van der Waals surface area contributed by atoms with Crippen LogP contribution < -0.4 is 0 Å². The molecule has 1 aliphatic rings. The van der Waals surface area contributed by atoms with Crippen LogP contribution in [0, 0.1) is 23.7 Å². The van der Waals surface area contributed by atoms with Crippen LogP contribution in [0.15, 0.2) is 42.5 Å². The molecule has 0 aliphatic heterocycles. The summed E-state index contributed by atoms with van der Waals surface area (Å²) >= 11 is 0. The Kier molecular flexibility index (Phi) is 4.09. The van der Waals surface area contributed by atoms with Gasteiger partial charge in [-0.1, -0.05) is 61.6 Å². The zero-order valence-corrected chi connectivity index (χ0v) is 12.4. The third-order valence-corrected chi connectivity index (χ3v) is 3.74. The van der Waals surface area contributed by atoms with E-state index in [9.17, 15) is 0 Å². The fourth-order valence-electron chi connectivity index (χ4n) is 2.51. The predicted octanol–water partition coefficient (Wildman–Crippen LogP) is 4.53. The largest absolute Gasteiger partial charge is 0.0654 e. The van der Waals surface area contributed by atoms with Crippen LogP contribution in [-0.2, 0) is 6.42 Å². The van der Waals surface area contributed by atoms with Crippen LogP contribution in [0.5, 0.6) is 0 Å². The van der Waals surface area contributed by atoms with Crippen LogP contribution in [0.1, 0.15) is 54.0 Å². The fourth-order valence-corrected chi connectivity index (χ4v) is 2.51. The van der Waals surface area contributed by atoms with E-state index >= 15 is 0 Å². The van der Waals surface area contributed by atoms with Crippen molar-refractivity contribution in [3.05, 3.63) is 70.3 Å². The van der Waals surface area contributed by atoms with Crippen molar-refractivity contribution in [1.82, 2.24) is 0 Å². The molecule has 0 saturated heterocycles. The number of benzene rings is 2. The molecule has 0 heteroatoms. The minimum atomic E-state index is 1.02. The van der Waals surface area contributed by atoms with Crippen molar-refractivity contribution in [2.24, 2.45) is 0 Å². The molecule has 2 aromatic carbocycles. The van der Waals surface area contributed by atoms with Crippen LogP contribution >= 0.6 is 0 Å². The Labute approximate surface area is 127 Å². The first-order chi connectivity index (χ1) is 10.4. The molecule has 0 N–H and O–H groups in total. The summed E-state index contributed by atoms with van der Waals surface area (Å²) in [5.41, 5.74) is 5.50. The smallest absolute Gasteiger partial charge is 0.0408 e. The second-order valence-electron chi connectivity index (χ2n) is 5.38. The zero-order chi connectivity index (χ0) is 14.5. The molecule has 2 aromatic rings. The molecule has 0 radical (unpaired) electrons. The molecule has 102 valence electrons. The third kappa shape index (κ3) is 3.18. The third-order valence-electron chi connectivity index (χ3n) is 3.74. The summed E-state index contributed by atoms with van der Waals surface area (Å²) in [5.74, 6) is 13.1. The van der Waals surface area contributed by atoms with Gasteiger partial charge in [0.15, 0.2) is 0 Å². The maximum atomic E-state index is 3.30. The highest BCUT2D eigenvalue weighted by Gasteiger charge is 2.03. The highest BCUT2D eigenvalue weighted by atomic mass is 14.1. The molecule has 0 aromatic heterocycles. The maximum absolute atomic E-state index is 3.30. The van der Waals surface area contributed by atoms with E-state index in [0.29, 0.717) is 0 Å². The number of hydrogen-bond acceptors (Lipinski definition) is 0. The first kappa shape index (κ1) is 13.5. The van der Waals surface area contributed by atoms with Crippen molar-refractivity contribution in [2.75, 3.05) is 0 Å². The Bertz CT molecular complexity index is 773. The van der Waals surface area contributed by atoms with Gasteiger partial charge in [-0.15, -0.1) is 0 Å². The maximum Gasteiger partial charge on any atom is 0.0408 e. The number of hydrogen-bond donors (Lipinski definition) is 0. The SMILES string of the molecule is CCCCCc1ccc2c(c1)C#Cc1ccccc1C#C2. The van der Waals surface area contributed by atoms with E-state index < -0.39 is 0 Å². The zero-order valence-electron chi connectivity index (χ0n) is 12.4. The van der Waals surface area contributed by atoms with Crippen LogP contribution in [0.25, 0.3) is 0 Å². The van der Waals surface area contributed by atoms with Crippen molar-refractivity contribution in [3.8, 4) is 23.7 Å². The Balaban J connectivity index is 1.93. The summed E-state index contributed by atoms with van der Waals surface area (Å²) < 4.78 is 0. The lowest BCUT2D eigenvalue weighted by atomic mass is 9.98. The summed E-state index contributed by atoms with van der Waals surface area (Å²) in [6.45, 7) is 2.24. The van der Waals surface area contributed by atoms with Gasteiger partial charge >= 0.3 is 0 Å². The van der Waals surface area contributed by atoms with Crippen LogP contribution in [0.3, 0.4) is 0 Å². The Morgan fingerprint density at radius 3 is 2.00 bits per heavy atom. The first-order valence-corrected chi connectivity index (χ1v) is 7.63. The lowest BCUT2D eigenvalue weighted by molar-refractivity contribution is 0.717. The fraction of sp³-hybridized carbons (Fsp3) is 0.238. The Morgan fingerprint density at radius 1 is 0.714 bits per heavy atom. The number of fused-ring (bicyclic) bond motifs is 2. The van der Waals surface area contributed by atoms with Gasteiger partial charge in [-0.25, -0.2) is 0 Å². The second-order valence-corrected chi connectivity index (χ2v) is 5.38. The molecule has 0 unspecified atom stereocenters. The van der Waals surface area contributed by atoms with Gasteiger partial charge in [0.05, 0.1) is 0 Å². The van der Waals surface area contributed by atoms with E-state index in [1.165, 1.54) is 24.8 Å². The van der Waals surface area contributed by atoms with E-state index in [-0.39, 0.29) is 0 Å². The van der Waals surface area contributed by atoms with Crippen LogP contribution in [0.2, 0.25) is 0 Å². The van der Waals surface area contributed by atoms with Crippen molar-refractivity contribution >= 4 is 0 Å². The second kappa shape index (κ2) is 6.34. The van der Waals surface area contributed by atoms with Crippen LogP contribution in [0.4, 0.5) is 0 Å². The predicted molar refractivity (Wildman–Crippen MR) is 88.1 cm³/mol. The van der Waals surface area contributed by atoms with Gasteiger partial charge in [-0.05, 0) is 42.7 Å². The van der Waals surface area contributed by atoms with E-state index in [4.69, 9.17) is 0 Å². The van der Waals surface area contributed by atoms with Crippen molar-refractivity contribution < 1.29 is 0 Å². The molecular formula is C21H18. The van der Waals surface area contributed by atoms with Gasteiger partial charge in [0, 0.05) is 22.3 Å². The molecular weight excluding hydrogens is 252 g/mol. The van der Waals surface area contributed by atoms with Gasteiger partial charge in [0.2, 0.25) is 0 Å². The van der Waals surface area contributed by atoms with Gasteiger partial charge in [0.1, 0.15) is 0 Å². The highest BCUT2D eigenvalue weighted by molar-refractivity contribution is 5.61. The molecule has 0 amide bonds. The lowest BCUT2D eigenvalue weighted by Crippen LogP contribution is -1.93. The topological polar surface area (TPSA) is 0 Å². The number of aryl methyl sites for hydroxylation is 1. The number of rotatable bonds is 4. The Morgan fingerprint density at radius 2 is 1.33 bits per heavy atom. The summed E-state index contributed by atoms with van der Waals surface area (Å²) in [6, 6.07) is 14.6. The summed E-state index contributed by atoms with van der Waals surface area (Å²) in [7, 11) is 0. The summed E-state index contributed by atoms with van der Waals surface area (Å²) in [5, 5.41) is 0. The van der Waals surface area contributed by atoms with E-state index in [0.717, 1.165) is 28.7 Å². The minimum absolute atomic E-state index is 1.02. The Hall–Kier alpha value is -2.44. The van der Waals surface area contributed by atoms with E-state index in [1.807, 2.05) is 24.3 Å².